The summed E-state index contributed by atoms with van der Waals surface area (Å²) in [5, 5.41) is 2.04. The number of benzene rings is 6. The molecule has 0 aliphatic heterocycles. The summed E-state index contributed by atoms with van der Waals surface area (Å²) < 4.78 is 97.1. The molecule has 0 atom stereocenters. The minimum atomic E-state index is -0.588. The molecule has 0 saturated carbocycles. The molecule has 0 radical (unpaired) electrons. The fourth-order valence-electron chi connectivity index (χ4n) is 7.01. The third-order valence-electron chi connectivity index (χ3n) is 9.76. The van der Waals surface area contributed by atoms with Crippen molar-refractivity contribution in [2.45, 2.75) is 26.2 Å². The largest absolute Gasteiger partial charge is 0.510 e. The Morgan fingerprint density at radius 1 is 0.672 bits per heavy atom. The predicted octanol–water partition coefficient (Wildman–Crippen LogP) is 11.6. The molecule has 6 nitrogen and oxygen atoms in total. The van der Waals surface area contributed by atoms with Crippen LogP contribution < -0.4 is 9.30 Å². The van der Waals surface area contributed by atoms with Gasteiger partial charge in [0.1, 0.15) is 5.82 Å². The first-order valence-corrected chi connectivity index (χ1v) is 18.3. The normalized spacial score (nSPS) is 14.0. The standard InChI is InChI=1S/C51H37N5O.Pt/c1-51(2,3)37-27-28-52-50(29-37)56-46-22-11-10-21-42(46)43-26-25-41(33-49(43)56)57-40-20-14-19-38(30-40)54-34-55(48-24-13-12-23-47(48)54)39-31-44(35-15-6-4-7-16-35)53-45(32-39)36-17-8-5-9-18-36;/h4-29,31-32H,1-3H3;/q-2;/i4D,5D,6D,7D,8D,9D,15D,16D,17D,18D;. The first kappa shape index (κ1) is 27.1. The summed E-state index contributed by atoms with van der Waals surface area (Å²) in [6, 6.07) is 33.4. The van der Waals surface area contributed by atoms with Gasteiger partial charge in [-0.1, -0.05) is 129 Å². The van der Waals surface area contributed by atoms with E-state index in [2.05, 4.69) is 67.0 Å². The van der Waals surface area contributed by atoms with Gasteiger partial charge >= 0.3 is 0 Å². The summed E-state index contributed by atoms with van der Waals surface area (Å²) in [6.45, 7) is 6.51. The molecule has 284 valence electrons. The molecule has 0 aliphatic rings. The fraction of sp³-hybridized carbons (Fsp3) is 0.0784. The van der Waals surface area contributed by atoms with Gasteiger partial charge in [-0.3, -0.25) is 4.57 Å². The maximum Gasteiger partial charge on any atom is 0.268 e. The summed E-state index contributed by atoms with van der Waals surface area (Å²) in [7, 11) is 0. The molecule has 10 rings (SSSR count). The van der Waals surface area contributed by atoms with E-state index < -0.39 is 60.4 Å². The van der Waals surface area contributed by atoms with Gasteiger partial charge in [-0.25, -0.2) is 9.97 Å². The number of fused-ring (bicyclic) bond motifs is 4. The van der Waals surface area contributed by atoms with Crippen LogP contribution in [-0.4, -0.2) is 19.1 Å². The topological polar surface area (TPSA) is 48.8 Å². The molecule has 6 aromatic carbocycles. The first-order valence-electron chi connectivity index (χ1n) is 23.3. The minimum Gasteiger partial charge on any atom is -0.510 e. The molecule has 7 heteroatoms. The van der Waals surface area contributed by atoms with Crippen LogP contribution >= 0.6 is 0 Å². The van der Waals surface area contributed by atoms with Crippen LogP contribution in [0.1, 0.15) is 40.0 Å². The Labute approximate surface area is 366 Å². The molecule has 0 unspecified atom stereocenters. The van der Waals surface area contributed by atoms with Gasteiger partial charge in [0, 0.05) is 44.3 Å². The number of nitrogens with zero attached hydrogens (tertiary/aromatic N) is 5. The Balaban J connectivity index is 0.00000578. The van der Waals surface area contributed by atoms with E-state index in [1.807, 2.05) is 72.9 Å². The Bertz CT molecular complexity index is 3550. The summed E-state index contributed by atoms with van der Waals surface area (Å²) >= 11 is 0. The first-order chi connectivity index (χ1) is 32.0. The number of rotatable bonds is 7. The van der Waals surface area contributed by atoms with Gasteiger partial charge in [0.25, 0.3) is 6.33 Å². The minimum absolute atomic E-state index is 0. The van der Waals surface area contributed by atoms with Crippen LogP contribution in [0.5, 0.6) is 11.5 Å². The van der Waals surface area contributed by atoms with Crippen molar-refractivity contribution >= 4 is 32.8 Å². The van der Waals surface area contributed by atoms with Crippen LogP contribution in [0.25, 0.3) is 72.5 Å². The number of pyridine rings is 2. The molecule has 58 heavy (non-hydrogen) atoms. The number of imidazole rings is 1. The number of hydrogen-bond acceptors (Lipinski definition) is 3. The van der Waals surface area contributed by atoms with Gasteiger partial charge in [0.15, 0.2) is 0 Å². The van der Waals surface area contributed by atoms with E-state index in [0.29, 0.717) is 33.9 Å². The molecule has 0 aliphatic carbocycles. The maximum atomic E-state index is 8.78. The Kier molecular flexibility index (Phi) is 7.02. The molecule has 0 saturated heterocycles. The molecule has 4 heterocycles. The molecule has 10 aromatic rings. The third kappa shape index (κ3) is 6.80. The summed E-state index contributed by atoms with van der Waals surface area (Å²) in [5.74, 6) is 1.60. The van der Waals surface area contributed by atoms with Gasteiger partial charge in [-0.15, -0.1) is 29.7 Å². The predicted molar refractivity (Wildman–Crippen MR) is 227 cm³/mol. The second-order valence-corrected chi connectivity index (χ2v) is 14.4. The molecule has 0 N–H and O–H groups in total. The average Bonchev–Trinajstić information content (AvgIpc) is 3.88. The Hall–Kier alpha value is -6.62. The SMILES string of the molecule is [2H]c1c([2H])c([2H])c(-c2cc(-[n+]3[c-]n(-c4[c-]c(Oc5[c-]c6c(cc5)c5ccccc5n6-c5cc(C(C)(C)C)ccn5)ccc4)c4ccccc43)cc(-c3c([2H])c([2H])c([2H])c([2H])c3[2H])n2)c([2H])c1[2H].[Pt]. The second kappa shape index (κ2) is 15.0. The van der Waals surface area contributed by atoms with Crippen molar-refractivity contribution < 1.29 is 44.1 Å². The number of ether oxygens (including phenoxy) is 1. The molecule has 0 fully saturated rings. The number of aromatic nitrogens is 5. The van der Waals surface area contributed by atoms with Crippen molar-refractivity contribution in [1.82, 2.24) is 19.1 Å². The van der Waals surface area contributed by atoms with Gasteiger partial charge in [0.2, 0.25) is 0 Å². The van der Waals surface area contributed by atoms with Gasteiger partial charge in [-0.2, -0.15) is 18.2 Å². The van der Waals surface area contributed by atoms with Crippen LogP contribution in [0, 0.1) is 18.5 Å². The molecule has 4 aromatic heterocycles. The Morgan fingerprint density at radius 2 is 1.34 bits per heavy atom. The molecular weight excluding hydrogens is 894 g/mol. The van der Waals surface area contributed by atoms with E-state index in [0.717, 1.165) is 33.2 Å². The van der Waals surface area contributed by atoms with Crippen molar-refractivity contribution in [2.24, 2.45) is 0 Å². The Morgan fingerprint density at radius 3 is 2.07 bits per heavy atom. The van der Waals surface area contributed by atoms with E-state index in [9.17, 15) is 0 Å². The number of hydrogen-bond donors (Lipinski definition) is 0. The van der Waals surface area contributed by atoms with E-state index in [-0.39, 0.29) is 49.0 Å². The van der Waals surface area contributed by atoms with Crippen LogP contribution in [0.2, 0.25) is 0 Å². The molecular formula is C51H37N5OPt-2. The summed E-state index contributed by atoms with van der Waals surface area (Å²) in [5.41, 5.74) is 4.34. The van der Waals surface area contributed by atoms with Gasteiger partial charge in [-0.05, 0) is 63.5 Å². The van der Waals surface area contributed by atoms with Crippen molar-refractivity contribution in [3.8, 4) is 51.2 Å². The van der Waals surface area contributed by atoms with E-state index in [4.69, 9.17) is 23.4 Å². The quantitative estimate of drug-likeness (QED) is 0.118. The van der Waals surface area contributed by atoms with E-state index in [1.165, 1.54) is 12.1 Å². The van der Waals surface area contributed by atoms with Gasteiger partial charge < -0.3 is 13.9 Å². The van der Waals surface area contributed by atoms with Crippen LogP contribution in [0.4, 0.5) is 0 Å². The fourth-order valence-corrected chi connectivity index (χ4v) is 7.01. The van der Waals surface area contributed by atoms with Crippen molar-refractivity contribution in [1.29, 1.82) is 0 Å². The maximum absolute atomic E-state index is 8.78. The summed E-state index contributed by atoms with van der Waals surface area (Å²) in [6.07, 6.45) is 5.21. The zero-order valence-corrected chi connectivity index (χ0v) is 33.6. The van der Waals surface area contributed by atoms with Gasteiger partial charge in [0.05, 0.1) is 41.8 Å². The van der Waals surface area contributed by atoms with Crippen molar-refractivity contribution in [2.75, 3.05) is 0 Å². The summed E-state index contributed by atoms with van der Waals surface area (Å²) in [4.78, 5) is 9.42. The van der Waals surface area contributed by atoms with E-state index in [1.54, 1.807) is 15.2 Å². The zero-order chi connectivity index (χ0) is 47.2. The van der Waals surface area contributed by atoms with Crippen molar-refractivity contribution in [3.05, 3.63) is 194 Å². The molecule has 0 bridgehead atoms. The third-order valence-corrected chi connectivity index (χ3v) is 9.76. The average molecular weight is 941 g/mol. The monoisotopic (exact) mass is 940 g/mol. The van der Waals surface area contributed by atoms with Crippen molar-refractivity contribution in [3.63, 3.8) is 0 Å². The molecule has 0 spiro atoms. The molecule has 0 amide bonds. The van der Waals surface area contributed by atoms with E-state index >= 15 is 0 Å². The number of para-hydroxylation sites is 3. The second-order valence-electron chi connectivity index (χ2n) is 14.4. The van der Waals surface area contributed by atoms with Crippen LogP contribution in [-0.2, 0) is 26.5 Å². The van der Waals surface area contributed by atoms with Crippen LogP contribution in [0.3, 0.4) is 0 Å². The smallest absolute Gasteiger partial charge is 0.268 e. The van der Waals surface area contributed by atoms with Crippen LogP contribution in [0.15, 0.2) is 170 Å². The zero-order valence-electron chi connectivity index (χ0n) is 41.4.